The minimum atomic E-state index is -0.553. The molecule has 1 aliphatic rings. The van der Waals surface area contributed by atoms with Crippen molar-refractivity contribution in [3.05, 3.63) is 76.0 Å². The first-order valence-corrected chi connectivity index (χ1v) is 12.2. The summed E-state index contributed by atoms with van der Waals surface area (Å²) in [6.45, 7) is 4.74. The predicted octanol–water partition coefficient (Wildman–Crippen LogP) is 5.37. The van der Waals surface area contributed by atoms with Crippen molar-refractivity contribution in [2.75, 3.05) is 32.7 Å². The van der Waals surface area contributed by atoms with Crippen LogP contribution >= 0.6 is 11.3 Å². The Morgan fingerprint density at radius 2 is 1.85 bits per heavy atom. The van der Waals surface area contributed by atoms with Gasteiger partial charge in [-0.2, -0.15) is 0 Å². The van der Waals surface area contributed by atoms with Gasteiger partial charge in [0.05, 0.1) is 31.9 Å². The molecule has 7 heteroatoms. The summed E-state index contributed by atoms with van der Waals surface area (Å²) in [4.78, 5) is 32.3. The number of rotatable bonds is 7. The summed E-state index contributed by atoms with van der Waals surface area (Å²) in [6.07, 6.45) is 0. The van der Waals surface area contributed by atoms with Gasteiger partial charge >= 0.3 is 0 Å². The van der Waals surface area contributed by atoms with Crippen LogP contribution in [0.5, 0.6) is 11.5 Å². The van der Waals surface area contributed by atoms with Crippen molar-refractivity contribution >= 4 is 28.8 Å². The number of hydrogen-bond donors (Lipinski definition) is 0. The molecule has 0 bridgehead atoms. The number of hydrogen-bond acceptors (Lipinski definition) is 5. The number of thiophene rings is 1. The molecule has 4 rings (SSSR count). The number of amides is 2. The summed E-state index contributed by atoms with van der Waals surface area (Å²) in [5.41, 5.74) is 1.99. The molecule has 6 nitrogen and oxygen atoms in total. The van der Waals surface area contributed by atoms with E-state index in [-0.39, 0.29) is 23.8 Å². The van der Waals surface area contributed by atoms with E-state index in [2.05, 4.69) is 13.8 Å². The predicted molar refractivity (Wildman–Crippen MR) is 135 cm³/mol. The number of carbonyl (C=O) groups excluding carboxylic acids is 2. The number of likely N-dealkylation sites (N-methyl/N-ethyl adjacent to an activating group) is 1. The number of carbonyl (C=O) groups is 2. The Labute approximate surface area is 204 Å². The largest absolute Gasteiger partial charge is 0.497 e. The Bertz CT molecular complexity index is 1180. The Balaban J connectivity index is 1.85. The molecule has 34 heavy (non-hydrogen) atoms. The second kappa shape index (κ2) is 9.89. The normalized spacial score (nSPS) is 17.5. The summed E-state index contributed by atoms with van der Waals surface area (Å²) < 4.78 is 10.9. The van der Waals surface area contributed by atoms with Crippen LogP contribution in [0.4, 0.5) is 5.69 Å². The molecule has 178 valence electrons. The molecule has 0 N–H and O–H groups in total. The number of nitrogens with zero attached hydrogens (tertiary/aromatic N) is 2. The lowest BCUT2D eigenvalue weighted by atomic mass is 9.80. The van der Waals surface area contributed by atoms with E-state index in [9.17, 15) is 9.59 Å². The van der Waals surface area contributed by atoms with E-state index >= 15 is 0 Å². The number of fused-ring (bicyclic) bond motifs is 1. The van der Waals surface area contributed by atoms with E-state index in [0.29, 0.717) is 29.3 Å². The van der Waals surface area contributed by atoms with E-state index in [4.69, 9.17) is 9.47 Å². The van der Waals surface area contributed by atoms with Crippen LogP contribution in [0, 0.1) is 5.92 Å². The fourth-order valence-electron chi connectivity index (χ4n) is 4.62. The molecule has 0 aliphatic carbocycles. The minimum Gasteiger partial charge on any atom is -0.497 e. The highest BCUT2D eigenvalue weighted by molar-refractivity contribution is 7.10. The zero-order chi connectivity index (χ0) is 24.4. The van der Waals surface area contributed by atoms with Crippen molar-refractivity contribution in [2.45, 2.75) is 25.8 Å². The van der Waals surface area contributed by atoms with E-state index in [1.54, 1.807) is 43.6 Å². The van der Waals surface area contributed by atoms with Gasteiger partial charge in [-0.15, -0.1) is 11.3 Å². The summed E-state index contributed by atoms with van der Waals surface area (Å²) in [6, 6.07) is 16.5. The van der Waals surface area contributed by atoms with Crippen LogP contribution < -0.4 is 14.4 Å². The average Bonchev–Trinajstić information content (AvgIpc) is 3.38. The smallest absolute Gasteiger partial charge is 0.254 e. The second-order valence-electron chi connectivity index (χ2n) is 8.81. The Morgan fingerprint density at radius 3 is 2.50 bits per heavy atom. The monoisotopic (exact) mass is 478 g/mol. The van der Waals surface area contributed by atoms with Crippen LogP contribution in [0.2, 0.25) is 0 Å². The topological polar surface area (TPSA) is 59.1 Å². The molecule has 0 saturated heterocycles. The van der Waals surface area contributed by atoms with Crippen LogP contribution in [0.15, 0.2) is 60.0 Å². The number of methoxy groups -OCH3 is 2. The van der Waals surface area contributed by atoms with Crippen LogP contribution in [-0.2, 0) is 4.79 Å². The van der Waals surface area contributed by atoms with E-state index in [1.165, 1.54) is 0 Å². The van der Waals surface area contributed by atoms with Crippen molar-refractivity contribution in [1.29, 1.82) is 0 Å². The molecule has 2 aromatic carbocycles. The highest BCUT2D eigenvalue weighted by Gasteiger charge is 2.45. The van der Waals surface area contributed by atoms with Gasteiger partial charge in [-0.1, -0.05) is 38.1 Å². The lowest BCUT2D eigenvalue weighted by Crippen LogP contribution is -2.48. The molecule has 2 atom stereocenters. The van der Waals surface area contributed by atoms with Crippen molar-refractivity contribution in [3.8, 4) is 11.5 Å². The van der Waals surface area contributed by atoms with Gasteiger partial charge in [0.25, 0.3) is 5.91 Å². The lowest BCUT2D eigenvalue weighted by Gasteiger charge is -2.43. The first kappa shape index (κ1) is 23.8. The standard InChI is InChI=1S/C27H30N2O4S/c1-17(2)16-29-25(23-11-8-14-34-23)24(19-9-6-7-10-20(19)26(29)30)27(31)28(3)21-13-12-18(32-4)15-22(21)33-5/h6-15,17,24-25H,16H2,1-5H3/t24-,25+/m1/s1. The second-order valence-corrected chi connectivity index (χ2v) is 9.79. The van der Waals surface area contributed by atoms with Gasteiger partial charge in [-0.3, -0.25) is 9.59 Å². The molecule has 0 fully saturated rings. The third-order valence-corrected chi connectivity index (χ3v) is 7.12. The summed E-state index contributed by atoms with van der Waals surface area (Å²) in [5.74, 6) is 0.763. The van der Waals surface area contributed by atoms with E-state index in [0.717, 1.165) is 10.4 Å². The van der Waals surface area contributed by atoms with Gasteiger partial charge in [-0.25, -0.2) is 0 Å². The maximum absolute atomic E-state index is 14.2. The molecule has 1 aliphatic heterocycles. The quantitative estimate of drug-likeness (QED) is 0.458. The number of ether oxygens (including phenoxy) is 2. The maximum atomic E-state index is 14.2. The van der Waals surface area contributed by atoms with Crippen LogP contribution in [0.3, 0.4) is 0 Å². The van der Waals surface area contributed by atoms with E-state index in [1.807, 2.05) is 58.8 Å². The molecular formula is C27H30N2O4S. The molecular weight excluding hydrogens is 448 g/mol. The molecule has 0 unspecified atom stereocenters. The van der Waals surface area contributed by atoms with Crippen molar-refractivity contribution < 1.29 is 19.1 Å². The third-order valence-electron chi connectivity index (χ3n) is 6.18. The first-order valence-electron chi connectivity index (χ1n) is 11.3. The molecule has 2 heterocycles. The Kier molecular flexibility index (Phi) is 6.93. The Morgan fingerprint density at radius 1 is 1.09 bits per heavy atom. The van der Waals surface area contributed by atoms with Gasteiger partial charge in [-0.05, 0) is 41.1 Å². The lowest BCUT2D eigenvalue weighted by molar-refractivity contribution is -0.121. The highest BCUT2D eigenvalue weighted by atomic mass is 32.1. The summed E-state index contributed by atoms with van der Waals surface area (Å²) >= 11 is 1.57. The highest BCUT2D eigenvalue weighted by Crippen LogP contribution is 2.46. The molecule has 2 amide bonds. The van der Waals surface area contributed by atoms with Crippen LogP contribution in [0.25, 0.3) is 0 Å². The minimum absolute atomic E-state index is 0.0311. The third kappa shape index (κ3) is 4.28. The first-order chi connectivity index (χ1) is 16.4. The van der Waals surface area contributed by atoms with Gasteiger partial charge in [0.15, 0.2) is 0 Å². The SMILES string of the molecule is COc1ccc(N(C)C(=O)[C@@H]2c3ccccc3C(=O)N(CC(C)C)[C@H]2c2cccs2)c(OC)c1. The zero-order valence-electron chi connectivity index (χ0n) is 20.1. The fraction of sp³-hybridized carbons (Fsp3) is 0.333. The average molecular weight is 479 g/mol. The number of benzene rings is 2. The summed E-state index contributed by atoms with van der Waals surface area (Å²) in [5, 5.41) is 1.99. The van der Waals surface area contributed by atoms with Crippen LogP contribution in [0.1, 0.15) is 46.6 Å². The molecule has 3 aromatic rings. The molecule has 0 saturated carbocycles. The Hall–Kier alpha value is -3.32. The zero-order valence-corrected chi connectivity index (χ0v) is 21.0. The van der Waals surface area contributed by atoms with Gasteiger partial charge in [0.2, 0.25) is 5.91 Å². The van der Waals surface area contributed by atoms with Crippen molar-refractivity contribution in [3.63, 3.8) is 0 Å². The van der Waals surface area contributed by atoms with Gasteiger partial charge in [0.1, 0.15) is 11.5 Å². The van der Waals surface area contributed by atoms with Crippen molar-refractivity contribution in [1.82, 2.24) is 4.90 Å². The van der Waals surface area contributed by atoms with Crippen molar-refractivity contribution in [2.24, 2.45) is 5.92 Å². The molecule has 1 aromatic heterocycles. The molecule has 0 spiro atoms. The number of anilines is 1. The van der Waals surface area contributed by atoms with Gasteiger partial charge in [0, 0.05) is 30.1 Å². The van der Waals surface area contributed by atoms with Crippen LogP contribution in [-0.4, -0.2) is 44.5 Å². The van der Waals surface area contributed by atoms with E-state index < -0.39 is 5.92 Å². The molecule has 0 radical (unpaired) electrons. The fourth-order valence-corrected chi connectivity index (χ4v) is 5.49. The maximum Gasteiger partial charge on any atom is 0.254 e. The summed E-state index contributed by atoms with van der Waals surface area (Å²) in [7, 11) is 4.92. The van der Waals surface area contributed by atoms with Gasteiger partial charge < -0.3 is 19.3 Å².